The molecular formula is C42H29N. The largest absolute Gasteiger partial charge is 0.310 e. The summed E-state index contributed by atoms with van der Waals surface area (Å²) in [4.78, 5) is 2.32. The Kier molecular flexibility index (Phi) is 6.20. The molecule has 0 atom stereocenters. The van der Waals surface area contributed by atoms with E-state index in [1.54, 1.807) is 0 Å². The van der Waals surface area contributed by atoms with Crippen molar-refractivity contribution >= 4 is 49.4 Å². The molecule has 0 fully saturated rings. The van der Waals surface area contributed by atoms with Gasteiger partial charge in [-0.25, -0.2) is 0 Å². The van der Waals surface area contributed by atoms with Crippen LogP contribution in [0.3, 0.4) is 0 Å². The lowest BCUT2D eigenvalue weighted by Gasteiger charge is -2.25. The average Bonchev–Trinajstić information content (AvgIpc) is 3.08. The quantitative estimate of drug-likeness (QED) is 0.194. The molecule has 43 heavy (non-hydrogen) atoms. The zero-order chi connectivity index (χ0) is 28.6. The molecule has 0 aliphatic heterocycles. The van der Waals surface area contributed by atoms with Crippen LogP contribution in [0, 0.1) is 0 Å². The predicted molar refractivity (Wildman–Crippen MR) is 185 cm³/mol. The van der Waals surface area contributed by atoms with Gasteiger partial charge in [-0.1, -0.05) is 133 Å². The molecule has 8 aromatic carbocycles. The molecule has 0 aliphatic rings. The maximum atomic E-state index is 2.35. The summed E-state index contributed by atoms with van der Waals surface area (Å²) in [5.74, 6) is 0. The van der Waals surface area contributed by atoms with Crippen molar-refractivity contribution in [1.29, 1.82) is 0 Å². The Morgan fingerprint density at radius 3 is 1.23 bits per heavy atom. The van der Waals surface area contributed by atoms with Gasteiger partial charge in [-0.2, -0.15) is 0 Å². The van der Waals surface area contributed by atoms with Crippen molar-refractivity contribution in [3.8, 4) is 22.3 Å². The van der Waals surface area contributed by atoms with E-state index in [1.165, 1.54) is 54.6 Å². The highest BCUT2D eigenvalue weighted by molar-refractivity contribution is 6.21. The monoisotopic (exact) mass is 547 g/mol. The van der Waals surface area contributed by atoms with Gasteiger partial charge in [0.05, 0.1) is 0 Å². The van der Waals surface area contributed by atoms with Crippen LogP contribution in [0.15, 0.2) is 176 Å². The summed E-state index contributed by atoms with van der Waals surface area (Å²) < 4.78 is 0. The highest BCUT2D eigenvalue weighted by Crippen LogP contribution is 2.44. The first kappa shape index (κ1) is 25.1. The summed E-state index contributed by atoms with van der Waals surface area (Å²) >= 11 is 0. The van der Waals surface area contributed by atoms with Crippen molar-refractivity contribution in [2.45, 2.75) is 0 Å². The number of hydrogen-bond donors (Lipinski definition) is 0. The summed E-state index contributed by atoms with van der Waals surface area (Å²) in [5, 5.41) is 7.54. The van der Waals surface area contributed by atoms with Gasteiger partial charge in [0.15, 0.2) is 0 Å². The van der Waals surface area contributed by atoms with Crippen molar-refractivity contribution in [2.24, 2.45) is 0 Å². The normalized spacial score (nSPS) is 11.3. The van der Waals surface area contributed by atoms with E-state index in [2.05, 4.69) is 181 Å². The fourth-order valence-corrected chi connectivity index (χ4v) is 6.48. The van der Waals surface area contributed by atoms with Crippen LogP contribution in [0.1, 0.15) is 0 Å². The van der Waals surface area contributed by atoms with Crippen molar-refractivity contribution in [3.05, 3.63) is 176 Å². The molecule has 0 saturated heterocycles. The lowest BCUT2D eigenvalue weighted by atomic mass is 9.85. The Labute approximate surface area is 251 Å². The lowest BCUT2D eigenvalue weighted by Crippen LogP contribution is -2.09. The number of para-hydroxylation sites is 2. The predicted octanol–water partition coefficient (Wildman–Crippen LogP) is 11.9. The average molecular weight is 548 g/mol. The van der Waals surface area contributed by atoms with Crippen molar-refractivity contribution < 1.29 is 0 Å². The Bertz CT molecular complexity index is 2120. The number of nitrogens with zero attached hydrogens (tertiary/aromatic N) is 1. The first-order valence-corrected chi connectivity index (χ1v) is 14.8. The van der Waals surface area contributed by atoms with Gasteiger partial charge in [-0.15, -0.1) is 0 Å². The molecule has 0 N–H and O–H groups in total. The van der Waals surface area contributed by atoms with Gasteiger partial charge >= 0.3 is 0 Å². The maximum absolute atomic E-state index is 2.35. The summed E-state index contributed by atoms with van der Waals surface area (Å²) in [6.07, 6.45) is 0. The van der Waals surface area contributed by atoms with Gasteiger partial charge in [0.25, 0.3) is 0 Å². The molecular weight excluding hydrogens is 518 g/mol. The van der Waals surface area contributed by atoms with Gasteiger partial charge in [0.2, 0.25) is 0 Å². The highest BCUT2D eigenvalue weighted by atomic mass is 15.1. The minimum absolute atomic E-state index is 1.14. The van der Waals surface area contributed by atoms with Gasteiger partial charge in [-0.3, -0.25) is 0 Å². The van der Waals surface area contributed by atoms with E-state index in [9.17, 15) is 0 Å². The third kappa shape index (κ3) is 4.43. The Morgan fingerprint density at radius 1 is 0.279 bits per heavy atom. The van der Waals surface area contributed by atoms with Gasteiger partial charge < -0.3 is 4.90 Å². The first-order valence-electron chi connectivity index (χ1n) is 14.8. The second-order valence-corrected chi connectivity index (χ2v) is 11.0. The van der Waals surface area contributed by atoms with Gasteiger partial charge in [0.1, 0.15) is 0 Å². The molecule has 0 heterocycles. The van der Waals surface area contributed by atoms with Crippen molar-refractivity contribution in [3.63, 3.8) is 0 Å². The summed E-state index contributed by atoms with van der Waals surface area (Å²) in [7, 11) is 0. The van der Waals surface area contributed by atoms with Gasteiger partial charge in [-0.05, 0) is 97.0 Å². The van der Waals surface area contributed by atoms with Crippen molar-refractivity contribution in [1.82, 2.24) is 0 Å². The zero-order valence-electron chi connectivity index (χ0n) is 23.7. The molecule has 0 bridgehead atoms. The Hall–Kier alpha value is -5.66. The SMILES string of the molecule is c1ccc(-c2c3ccccc3c(-c3ccc4cc(N(c5ccccc5)c5ccccc5)ccc4c3)c3ccccc23)cc1. The van der Waals surface area contributed by atoms with Crippen LogP contribution in [0.25, 0.3) is 54.6 Å². The van der Waals surface area contributed by atoms with Gasteiger partial charge in [0, 0.05) is 17.1 Å². The lowest BCUT2D eigenvalue weighted by molar-refractivity contribution is 1.29. The van der Waals surface area contributed by atoms with Crippen LogP contribution in [-0.4, -0.2) is 0 Å². The van der Waals surface area contributed by atoms with Crippen LogP contribution in [0.2, 0.25) is 0 Å². The van der Waals surface area contributed by atoms with Crippen LogP contribution >= 0.6 is 0 Å². The van der Waals surface area contributed by atoms with Crippen LogP contribution in [0.4, 0.5) is 17.1 Å². The molecule has 1 nitrogen and oxygen atoms in total. The summed E-state index contributed by atoms with van der Waals surface area (Å²) in [5.41, 5.74) is 8.47. The van der Waals surface area contributed by atoms with E-state index in [1.807, 2.05) is 0 Å². The smallest absolute Gasteiger partial charge is 0.0468 e. The summed E-state index contributed by atoms with van der Waals surface area (Å²) in [6.45, 7) is 0. The molecule has 0 amide bonds. The minimum atomic E-state index is 1.14. The molecule has 0 saturated carbocycles. The zero-order valence-corrected chi connectivity index (χ0v) is 23.7. The van der Waals surface area contributed by atoms with E-state index >= 15 is 0 Å². The molecule has 202 valence electrons. The van der Waals surface area contributed by atoms with E-state index in [0.29, 0.717) is 0 Å². The molecule has 1 heteroatoms. The second kappa shape index (κ2) is 10.6. The standard InChI is InChI=1S/C42H29N/c1-4-14-30(15-5-1)41-37-20-10-12-22-39(37)42(40-23-13-11-21-38(40)41)33-25-24-32-29-36(27-26-31(32)28-33)43(34-16-6-2-7-17-34)35-18-8-3-9-19-35/h1-29H. The molecule has 0 unspecified atom stereocenters. The van der Waals surface area contributed by atoms with E-state index in [-0.39, 0.29) is 0 Å². The third-order valence-electron chi connectivity index (χ3n) is 8.39. The first-order chi connectivity index (χ1) is 21.3. The topological polar surface area (TPSA) is 3.24 Å². The molecule has 0 aliphatic carbocycles. The van der Waals surface area contributed by atoms with E-state index in [0.717, 1.165) is 17.1 Å². The van der Waals surface area contributed by atoms with Crippen LogP contribution in [0.5, 0.6) is 0 Å². The van der Waals surface area contributed by atoms with E-state index < -0.39 is 0 Å². The Balaban J connectivity index is 1.31. The fourth-order valence-electron chi connectivity index (χ4n) is 6.48. The summed E-state index contributed by atoms with van der Waals surface area (Å²) in [6, 6.07) is 63.3. The molecule has 0 aromatic heterocycles. The number of fused-ring (bicyclic) bond motifs is 3. The fraction of sp³-hybridized carbons (Fsp3) is 0. The number of rotatable bonds is 5. The van der Waals surface area contributed by atoms with Crippen LogP contribution in [-0.2, 0) is 0 Å². The molecule has 8 aromatic rings. The highest BCUT2D eigenvalue weighted by Gasteiger charge is 2.17. The second-order valence-electron chi connectivity index (χ2n) is 11.0. The van der Waals surface area contributed by atoms with E-state index in [4.69, 9.17) is 0 Å². The molecule has 0 radical (unpaired) electrons. The molecule has 8 rings (SSSR count). The maximum Gasteiger partial charge on any atom is 0.0468 e. The van der Waals surface area contributed by atoms with Crippen LogP contribution < -0.4 is 4.90 Å². The number of hydrogen-bond acceptors (Lipinski definition) is 1. The third-order valence-corrected chi connectivity index (χ3v) is 8.39. The molecule has 0 spiro atoms. The minimum Gasteiger partial charge on any atom is -0.310 e. The number of anilines is 3. The number of benzene rings is 8. The Morgan fingerprint density at radius 2 is 0.698 bits per heavy atom. The van der Waals surface area contributed by atoms with Crippen molar-refractivity contribution in [2.75, 3.05) is 4.90 Å².